The molecule has 0 unspecified atom stereocenters. The van der Waals surface area contributed by atoms with Gasteiger partial charge in [-0.15, -0.1) is 0 Å². The lowest BCUT2D eigenvalue weighted by Gasteiger charge is -2.17. The number of aliphatic hydroxyl groups excluding tert-OH is 3. The molecule has 0 aromatic rings. The molecular formula is C19H44NO7P. The van der Waals surface area contributed by atoms with Gasteiger partial charge in [0.2, 0.25) is 0 Å². The van der Waals surface area contributed by atoms with Crippen LogP contribution in [-0.4, -0.2) is 76.1 Å². The molecule has 5 N–H and O–H groups in total. The van der Waals surface area contributed by atoms with Gasteiger partial charge in [0.05, 0.1) is 26.4 Å². The average Bonchev–Trinajstić information content (AvgIpc) is 2.63. The summed E-state index contributed by atoms with van der Waals surface area (Å²) in [7, 11) is -4.25. The highest BCUT2D eigenvalue weighted by molar-refractivity contribution is 7.46. The Kier molecular flexibility index (Phi) is 25.0. The molecule has 28 heavy (non-hydrogen) atoms. The van der Waals surface area contributed by atoms with E-state index in [0.717, 1.165) is 19.3 Å². The molecule has 9 heteroatoms. The number of hydrogen-bond donors (Lipinski definition) is 5. The van der Waals surface area contributed by atoms with Gasteiger partial charge in [-0.05, 0) is 6.42 Å². The van der Waals surface area contributed by atoms with Crippen molar-refractivity contribution in [1.82, 2.24) is 4.90 Å². The maximum atomic E-state index is 10.4. The van der Waals surface area contributed by atoms with Crippen LogP contribution in [0.25, 0.3) is 0 Å². The summed E-state index contributed by atoms with van der Waals surface area (Å²) in [5.74, 6) is 0. The second-order valence-corrected chi connectivity index (χ2v) is 8.11. The van der Waals surface area contributed by atoms with Gasteiger partial charge in [-0.2, -0.15) is 0 Å². The molecule has 0 spiro atoms. The second kappa shape index (κ2) is 23.2. The minimum Gasteiger partial charge on any atom is -0.395 e. The molecule has 0 aliphatic carbocycles. The molecule has 0 bridgehead atoms. The molecule has 0 fully saturated rings. The number of hydrogen-bond acceptors (Lipinski definition) is 6. The molecule has 0 aliphatic heterocycles. The van der Waals surface area contributed by atoms with E-state index >= 15 is 0 Å². The van der Waals surface area contributed by atoms with E-state index in [0.29, 0.717) is 19.6 Å². The lowest BCUT2D eigenvalue weighted by atomic mass is 10.1. The van der Waals surface area contributed by atoms with E-state index in [-0.39, 0.29) is 26.4 Å². The van der Waals surface area contributed by atoms with Crippen molar-refractivity contribution in [2.75, 3.05) is 46.1 Å². The molecule has 0 amide bonds. The Morgan fingerprint density at radius 2 is 1.04 bits per heavy atom. The number of rotatable bonds is 19. The Hall–Kier alpha value is -0.0500. The van der Waals surface area contributed by atoms with Gasteiger partial charge in [-0.25, -0.2) is 4.57 Å². The summed E-state index contributed by atoms with van der Waals surface area (Å²) in [6, 6.07) is 0. The van der Waals surface area contributed by atoms with Gasteiger partial charge in [0.25, 0.3) is 0 Å². The Morgan fingerprint density at radius 3 is 1.36 bits per heavy atom. The first-order chi connectivity index (χ1) is 13.4. The smallest absolute Gasteiger partial charge is 0.395 e. The van der Waals surface area contributed by atoms with Gasteiger partial charge in [0.1, 0.15) is 0 Å². The summed E-state index contributed by atoms with van der Waals surface area (Å²) >= 11 is 0. The fraction of sp³-hybridized carbons (Fsp3) is 1.00. The van der Waals surface area contributed by atoms with Gasteiger partial charge in [0, 0.05) is 19.6 Å². The zero-order valence-corrected chi connectivity index (χ0v) is 18.6. The van der Waals surface area contributed by atoms with Crippen molar-refractivity contribution in [3.05, 3.63) is 0 Å². The SMILES string of the molecule is CCCCCCCCCCCCCOP(=O)(O)O.OCCN(CCO)CCO. The number of aliphatic hydroxyl groups is 3. The van der Waals surface area contributed by atoms with E-state index in [9.17, 15) is 4.57 Å². The van der Waals surface area contributed by atoms with Crippen molar-refractivity contribution in [1.29, 1.82) is 0 Å². The predicted molar refractivity (Wildman–Crippen MR) is 112 cm³/mol. The van der Waals surface area contributed by atoms with Gasteiger partial charge >= 0.3 is 7.82 Å². The van der Waals surface area contributed by atoms with Crippen LogP contribution in [0, 0.1) is 0 Å². The van der Waals surface area contributed by atoms with Crippen LogP contribution >= 0.6 is 7.82 Å². The summed E-state index contributed by atoms with van der Waals surface area (Å²) in [4.78, 5) is 18.7. The van der Waals surface area contributed by atoms with Crippen LogP contribution in [0.4, 0.5) is 0 Å². The van der Waals surface area contributed by atoms with Gasteiger partial charge in [-0.3, -0.25) is 9.42 Å². The largest absolute Gasteiger partial charge is 0.469 e. The van der Waals surface area contributed by atoms with Gasteiger partial charge < -0.3 is 25.1 Å². The van der Waals surface area contributed by atoms with Crippen molar-refractivity contribution in [2.24, 2.45) is 0 Å². The molecule has 0 saturated heterocycles. The fourth-order valence-corrected chi connectivity index (χ4v) is 3.08. The minimum absolute atomic E-state index is 0.0694. The second-order valence-electron chi connectivity index (χ2n) is 6.87. The normalized spacial score (nSPS) is 11.5. The Morgan fingerprint density at radius 1 is 0.679 bits per heavy atom. The van der Waals surface area contributed by atoms with Crippen LogP contribution < -0.4 is 0 Å². The minimum atomic E-state index is -4.25. The average molecular weight is 430 g/mol. The van der Waals surface area contributed by atoms with E-state index < -0.39 is 7.82 Å². The third-order valence-electron chi connectivity index (χ3n) is 4.26. The molecule has 0 aliphatic rings. The van der Waals surface area contributed by atoms with E-state index in [1.807, 2.05) is 0 Å². The van der Waals surface area contributed by atoms with Crippen LogP contribution in [0.3, 0.4) is 0 Å². The van der Waals surface area contributed by atoms with Crippen LogP contribution in [0.2, 0.25) is 0 Å². The van der Waals surface area contributed by atoms with Crippen LogP contribution in [0.15, 0.2) is 0 Å². The third kappa shape index (κ3) is 28.2. The highest BCUT2D eigenvalue weighted by atomic mass is 31.2. The van der Waals surface area contributed by atoms with Crippen molar-refractivity contribution in [3.63, 3.8) is 0 Å². The van der Waals surface area contributed by atoms with E-state index in [1.165, 1.54) is 51.4 Å². The Balaban J connectivity index is 0. The van der Waals surface area contributed by atoms with E-state index in [1.54, 1.807) is 4.90 Å². The maximum absolute atomic E-state index is 10.4. The molecule has 0 atom stereocenters. The molecule has 0 heterocycles. The highest BCUT2D eigenvalue weighted by Gasteiger charge is 2.12. The third-order valence-corrected chi connectivity index (χ3v) is 4.77. The number of phosphoric acid groups is 1. The molecular weight excluding hydrogens is 385 g/mol. The van der Waals surface area contributed by atoms with Crippen LogP contribution in [0.5, 0.6) is 0 Å². The van der Waals surface area contributed by atoms with Gasteiger partial charge in [0.15, 0.2) is 0 Å². The van der Waals surface area contributed by atoms with E-state index in [4.69, 9.17) is 25.1 Å². The topological polar surface area (TPSA) is 131 Å². The number of unbranched alkanes of at least 4 members (excludes halogenated alkanes) is 10. The van der Waals surface area contributed by atoms with E-state index in [2.05, 4.69) is 11.4 Å². The summed E-state index contributed by atoms with van der Waals surface area (Å²) in [6.07, 6.45) is 13.5. The quantitative estimate of drug-likeness (QED) is 0.156. The monoisotopic (exact) mass is 429 g/mol. The van der Waals surface area contributed by atoms with Crippen molar-refractivity contribution < 1.29 is 34.2 Å². The first-order valence-corrected chi connectivity index (χ1v) is 12.2. The number of phosphoric ester groups is 1. The first kappa shape index (κ1) is 30.1. The molecule has 0 aromatic heterocycles. The van der Waals surface area contributed by atoms with Crippen molar-refractivity contribution in [2.45, 2.75) is 77.6 Å². The highest BCUT2D eigenvalue weighted by Crippen LogP contribution is 2.35. The lowest BCUT2D eigenvalue weighted by Crippen LogP contribution is -2.32. The molecule has 0 saturated carbocycles. The predicted octanol–water partition coefficient (Wildman–Crippen LogP) is 2.67. The van der Waals surface area contributed by atoms with Gasteiger partial charge in [-0.1, -0.05) is 71.1 Å². The maximum Gasteiger partial charge on any atom is 0.469 e. The first-order valence-electron chi connectivity index (χ1n) is 10.7. The molecule has 0 rings (SSSR count). The Labute approximate surface area is 171 Å². The zero-order chi connectivity index (χ0) is 21.5. The lowest BCUT2D eigenvalue weighted by molar-refractivity contribution is 0.136. The van der Waals surface area contributed by atoms with Crippen molar-refractivity contribution >= 4 is 7.82 Å². The zero-order valence-electron chi connectivity index (χ0n) is 17.7. The summed E-state index contributed by atoms with van der Waals surface area (Å²) in [5, 5.41) is 25.5. The standard InChI is InChI=1S/C13H29O4P.C6H15NO3/c1-2-3-4-5-6-7-8-9-10-11-12-13-17-18(14,15)16;8-4-1-7(2-5-9)3-6-10/h2-13H2,1H3,(H2,14,15,16);8-10H,1-6H2. The van der Waals surface area contributed by atoms with Crippen LogP contribution in [0.1, 0.15) is 77.6 Å². The molecule has 172 valence electrons. The summed E-state index contributed by atoms with van der Waals surface area (Å²) < 4.78 is 14.8. The fourth-order valence-electron chi connectivity index (χ4n) is 2.71. The van der Waals surface area contributed by atoms with Crippen molar-refractivity contribution in [3.8, 4) is 0 Å². The summed E-state index contributed by atoms with van der Waals surface area (Å²) in [6.45, 7) is 4.15. The van der Waals surface area contributed by atoms with Crippen LogP contribution in [-0.2, 0) is 9.09 Å². The molecule has 8 nitrogen and oxygen atoms in total. The molecule has 0 aromatic carbocycles. The molecule has 0 radical (unpaired) electrons. The summed E-state index contributed by atoms with van der Waals surface area (Å²) in [5.41, 5.74) is 0. The number of nitrogens with zero attached hydrogens (tertiary/aromatic N) is 1. The Bertz CT molecular complexity index is 328.